The Kier molecular flexibility index (Phi) is 3.02. The molecule has 18 heavy (non-hydrogen) atoms. The molecule has 1 heterocycles. The Balaban J connectivity index is 2.88. The number of carboxylic acid groups (broad SMARTS) is 1. The molecule has 1 aromatic heterocycles. The van der Waals surface area contributed by atoms with Gasteiger partial charge in [0.15, 0.2) is 0 Å². The highest BCUT2D eigenvalue weighted by molar-refractivity contribution is 9.10. The highest BCUT2D eigenvalue weighted by Crippen LogP contribution is 2.33. The van der Waals surface area contributed by atoms with Crippen LogP contribution >= 0.6 is 15.9 Å². The number of carboxylic acids is 1. The van der Waals surface area contributed by atoms with Crippen LogP contribution in [0.4, 0.5) is 13.2 Å². The van der Waals surface area contributed by atoms with Crippen LogP contribution in [0, 0.1) is 0 Å². The quantitative estimate of drug-likeness (QED) is 0.871. The number of nitrogens with zero attached hydrogens (tertiary/aromatic N) is 1. The number of alkyl halides is 3. The maximum Gasteiger partial charge on any atom is 0.433 e. The lowest BCUT2D eigenvalue weighted by Gasteiger charge is -2.10. The van der Waals surface area contributed by atoms with Gasteiger partial charge in [0.1, 0.15) is 5.69 Å². The summed E-state index contributed by atoms with van der Waals surface area (Å²) < 4.78 is 38.2. The van der Waals surface area contributed by atoms with E-state index in [2.05, 4.69) is 20.9 Å². The molecule has 1 aromatic carbocycles. The summed E-state index contributed by atoms with van der Waals surface area (Å²) in [6, 6.07) is 4.99. The zero-order valence-corrected chi connectivity index (χ0v) is 10.2. The fourth-order valence-corrected chi connectivity index (χ4v) is 1.99. The van der Waals surface area contributed by atoms with Gasteiger partial charge in [-0.15, -0.1) is 0 Å². The van der Waals surface area contributed by atoms with E-state index >= 15 is 0 Å². The Labute approximate surface area is 107 Å². The van der Waals surface area contributed by atoms with Crippen molar-refractivity contribution in [1.82, 2.24) is 4.98 Å². The van der Waals surface area contributed by atoms with Gasteiger partial charge in [0.05, 0.1) is 11.1 Å². The average Bonchev–Trinajstić information content (AvgIpc) is 2.27. The molecule has 0 saturated carbocycles. The third-order valence-corrected chi connectivity index (χ3v) is 2.95. The lowest BCUT2D eigenvalue weighted by atomic mass is 10.1. The molecule has 0 unspecified atom stereocenters. The molecule has 2 rings (SSSR count). The molecule has 2 aromatic rings. The van der Waals surface area contributed by atoms with Crippen LogP contribution in [0.5, 0.6) is 0 Å². The normalized spacial score (nSPS) is 11.8. The van der Waals surface area contributed by atoms with Crippen LogP contribution in [-0.4, -0.2) is 16.1 Å². The van der Waals surface area contributed by atoms with E-state index < -0.39 is 23.4 Å². The number of carbonyl (C=O) groups is 1. The molecule has 7 heteroatoms. The van der Waals surface area contributed by atoms with E-state index in [0.717, 1.165) is 0 Å². The fourth-order valence-electron chi connectivity index (χ4n) is 1.54. The number of aromatic carboxylic acids is 1. The lowest BCUT2D eigenvalue weighted by molar-refractivity contribution is -0.141. The van der Waals surface area contributed by atoms with E-state index in [1.807, 2.05) is 0 Å². The maximum absolute atomic E-state index is 12.6. The number of halogens is 4. The summed E-state index contributed by atoms with van der Waals surface area (Å²) in [6.45, 7) is 0. The first kappa shape index (κ1) is 12.8. The molecule has 0 aliphatic heterocycles. The van der Waals surface area contributed by atoms with Gasteiger partial charge in [-0.25, -0.2) is 9.78 Å². The molecule has 3 nitrogen and oxygen atoms in total. The predicted octanol–water partition coefficient (Wildman–Crippen LogP) is 3.71. The molecule has 0 atom stereocenters. The molecular formula is C11H5BrF3NO2. The van der Waals surface area contributed by atoms with Crippen LogP contribution in [0.3, 0.4) is 0 Å². The summed E-state index contributed by atoms with van der Waals surface area (Å²) in [5, 5.41) is 9.11. The topological polar surface area (TPSA) is 50.2 Å². The molecule has 0 bridgehead atoms. The van der Waals surface area contributed by atoms with Gasteiger partial charge < -0.3 is 5.11 Å². The van der Waals surface area contributed by atoms with Crippen molar-refractivity contribution in [2.24, 2.45) is 0 Å². The van der Waals surface area contributed by atoms with E-state index in [0.29, 0.717) is 10.5 Å². The van der Waals surface area contributed by atoms with Gasteiger partial charge in [-0.05, 0) is 28.1 Å². The second-order valence-electron chi connectivity index (χ2n) is 3.49. The molecule has 94 valence electrons. The van der Waals surface area contributed by atoms with Gasteiger partial charge in [0.2, 0.25) is 0 Å². The Bertz CT molecular complexity index is 640. The Morgan fingerprint density at radius 3 is 2.56 bits per heavy atom. The van der Waals surface area contributed by atoms with E-state index in [1.54, 1.807) is 0 Å². The second-order valence-corrected chi connectivity index (χ2v) is 4.35. The number of hydrogen-bond donors (Lipinski definition) is 1. The first-order chi connectivity index (χ1) is 8.30. The zero-order valence-electron chi connectivity index (χ0n) is 8.62. The molecule has 0 spiro atoms. The standard InChI is InChI=1S/C11H5BrF3NO2/c12-7-3-1-2-5-6(10(17)18)4-8(11(13,14)15)16-9(5)7/h1-4H,(H,17,18). The lowest BCUT2D eigenvalue weighted by Crippen LogP contribution is -2.11. The number of benzene rings is 1. The largest absolute Gasteiger partial charge is 0.478 e. The van der Waals surface area contributed by atoms with Gasteiger partial charge in [-0.1, -0.05) is 12.1 Å². The van der Waals surface area contributed by atoms with Crippen molar-refractivity contribution >= 4 is 32.8 Å². The second kappa shape index (κ2) is 4.24. The van der Waals surface area contributed by atoms with E-state index in [1.165, 1.54) is 18.2 Å². The van der Waals surface area contributed by atoms with Crippen LogP contribution in [0.1, 0.15) is 16.1 Å². The molecule has 0 fully saturated rings. The number of hydrogen-bond acceptors (Lipinski definition) is 2. The third kappa shape index (κ3) is 2.17. The number of para-hydroxylation sites is 1. The molecule has 0 radical (unpaired) electrons. The number of rotatable bonds is 1. The SMILES string of the molecule is O=C(O)c1cc(C(F)(F)F)nc2c(Br)cccc12. The summed E-state index contributed by atoms with van der Waals surface area (Å²) in [4.78, 5) is 14.4. The van der Waals surface area contributed by atoms with Crippen molar-refractivity contribution < 1.29 is 23.1 Å². The summed E-state index contributed by atoms with van der Waals surface area (Å²) in [6.07, 6.45) is -4.69. The molecule has 0 amide bonds. The molecule has 0 aliphatic carbocycles. The highest BCUT2D eigenvalue weighted by Gasteiger charge is 2.34. The Hall–Kier alpha value is -1.63. The van der Waals surface area contributed by atoms with Crippen molar-refractivity contribution in [1.29, 1.82) is 0 Å². The van der Waals surface area contributed by atoms with Crippen molar-refractivity contribution in [3.63, 3.8) is 0 Å². The fraction of sp³-hybridized carbons (Fsp3) is 0.0909. The molecule has 0 saturated heterocycles. The minimum atomic E-state index is -4.69. The maximum atomic E-state index is 12.6. The van der Waals surface area contributed by atoms with Crippen molar-refractivity contribution in [2.45, 2.75) is 6.18 Å². The number of aromatic nitrogens is 1. The van der Waals surface area contributed by atoms with Gasteiger partial charge in [-0.3, -0.25) is 0 Å². The van der Waals surface area contributed by atoms with Crippen molar-refractivity contribution in [3.05, 3.63) is 40.0 Å². The predicted molar refractivity (Wildman–Crippen MR) is 61.4 cm³/mol. The summed E-state index contributed by atoms with van der Waals surface area (Å²) in [5.74, 6) is -1.42. The number of pyridine rings is 1. The van der Waals surface area contributed by atoms with Crippen LogP contribution in [0.2, 0.25) is 0 Å². The first-order valence-electron chi connectivity index (χ1n) is 4.70. The summed E-state index contributed by atoms with van der Waals surface area (Å²) in [7, 11) is 0. The zero-order chi connectivity index (χ0) is 13.5. The summed E-state index contributed by atoms with van der Waals surface area (Å²) >= 11 is 3.06. The first-order valence-corrected chi connectivity index (χ1v) is 5.50. The summed E-state index contributed by atoms with van der Waals surface area (Å²) in [5.41, 5.74) is -1.67. The number of fused-ring (bicyclic) bond motifs is 1. The molecule has 1 N–H and O–H groups in total. The third-order valence-electron chi connectivity index (χ3n) is 2.31. The minimum absolute atomic E-state index is 0.0234. The Morgan fingerprint density at radius 2 is 2.00 bits per heavy atom. The van der Waals surface area contributed by atoms with Crippen LogP contribution in [-0.2, 0) is 6.18 Å². The average molecular weight is 320 g/mol. The smallest absolute Gasteiger partial charge is 0.433 e. The van der Waals surface area contributed by atoms with E-state index in [-0.39, 0.29) is 10.9 Å². The van der Waals surface area contributed by atoms with Gasteiger partial charge in [0.25, 0.3) is 0 Å². The van der Waals surface area contributed by atoms with Crippen LogP contribution < -0.4 is 0 Å². The van der Waals surface area contributed by atoms with Gasteiger partial charge >= 0.3 is 12.1 Å². The highest BCUT2D eigenvalue weighted by atomic mass is 79.9. The monoisotopic (exact) mass is 319 g/mol. The van der Waals surface area contributed by atoms with E-state index in [4.69, 9.17) is 5.11 Å². The molecule has 0 aliphatic rings. The Morgan fingerprint density at radius 1 is 1.33 bits per heavy atom. The molecular weight excluding hydrogens is 315 g/mol. The van der Waals surface area contributed by atoms with Crippen molar-refractivity contribution in [3.8, 4) is 0 Å². The van der Waals surface area contributed by atoms with Crippen molar-refractivity contribution in [2.75, 3.05) is 0 Å². The van der Waals surface area contributed by atoms with Crippen LogP contribution in [0.15, 0.2) is 28.7 Å². The minimum Gasteiger partial charge on any atom is -0.478 e. The van der Waals surface area contributed by atoms with Gasteiger partial charge in [0, 0.05) is 9.86 Å². The van der Waals surface area contributed by atoms with E-state index in [9.17, 15) is 18.0 Å². The van der Waals surface area contributed by atoms with Gasteiger partial charge in [-0.2, -0.15) is 13.2 Å². The van der Waals surface area contributed by atoms with Crippen LogP contribution in [0.25, 0.3) is 10.9 Å².